The summed E-state index contributed by atoms with van der Waals surface area (Å²) in [4.78, 5) is 21.2. The second-order valence-corrected chi connectivity index (χ2v) is 9.26. The van der Waals surface area contributed by atoms with Gasteiger partial charge >= 0.3 is 11.9 Å². The van der Waals surface area contributed by atoms with Crippen LogP contribution in [0.4, 0.5) is 0 Å². The zero-order chi connectivity index (χ0) is 22.2. The molecular weight excluding hydrogens is 376 g/mol. The van der Waals surface area contributed by atoms with Gasteiger partial charge in [0.05, 0.1) is 0 Å². The molecule has 0 spiro atoms. The summed E-state index contributed by atoms with van der Waals surface area (Å²) < 4.78 is 0. The van der Waals surface area contributed by atoms with Gasteiger partial charge in [-0.05, 0) is 55.8 Å². The first-order chi connectivity index (χ1) is 14.5. The third-order valence-corrected chi connectivity index (χ3v) is 7.05. The Morgan fingerprint density at radius 1 is 0.600 bits per heavy atom. The van der Waals surface area contributed by atoms with Crippen LogP contribution >= 0.6 is 0 Å². The van der Waals surface area contributed by atoms with Crippen molar-refractivity contribution >= 4 is 11.9 Å². The Bertz CT molecular complexity index is 499. The molecule has 0 saturated carbocycles. The molecular formula is C26H46O4. The van der Waals surface area contributed by atoms with Crippen molar-refractivity contribution in [2.75, 3.05) is 0 Å². The first kappa shape index (κ1) is 26.7. The molecule has 1 aliphatic carbocycles. The maximum Gasteiger partial charge on any atom is 0.303 e. The summed E-state index contributed by atoms with van der Waals surface area (Å²) in [5.41, 5.74) is 0. The second-order valence-electron chi connectivity index (χ2n) is 9.26. The van der Waals surface area contributed by atoms with Gasteiger partial charge in [0, 0.05) is 12.8 Å². The van der Waals surface area contributed by atoms with Crippen molar-refractivity contribution in [2.24, 2.45) is 23.7 Å². The topological polar surface area (TPSA) is 74.6 Å². The average Bonchev–Trinajstić information content (AvgIpc) is 2.71. The van der Waals surface area contributed by atoms with Crippen LogP contribution in [0.1, 0.15) is 117 Å². The van der Waals surface area contributed by atoms with Gasteiger partial charge in [-0.1, -0.05) is 83.8 Å². The molecule has 0 radical (unpaired) electrons. The number of carboxylic acid groups (broad SMARTS) is 2. The highest BCUT2D eigenvalue weighted by molar-refractivity contribution is 5.66. The summed E-state index contributed by atoms with van der Waals surface area (Å²) in [7, 11) is 0. The van der Waals surface area contributed by atoms with E-state index in [9.17, 15) is 9.59 Å². The molecule has 0 fully saturated rings. The number of hydrogen-bond donors (Lipinski definition) is 2. The van der Waals surface area contributed by atoms with Crippen LogP contribution in [0.5, 0.6) is 0 Å². The van der Waals surface area contributed by atoms with E-state index in [0.717, 1.165) is 56.3 Å². The van der Waals surface area contributed by atoms with E-state index in [4.69, 9.17) is 10.2 Å². The van der Waals surface area contributed by atoms with Gasteiger partial charge in [0.2, 0.25) is 0 Å². The van der Waals surface area contributed by atoms with Crippen LogP contribution in [0.25, 0.3) is 0 Å². The van der Waals surface area contributed by atoms with Crippen molar-refractivity contribution in [1.82, 2.24) is 0 Å². The van der Waals surface area contributed by atoms with Crippen molar-refractivity contribution < 1.29 is 19.8 Å². The van der Waals surface area contributed by atoms with Crippen molar-refractivity contribution in [1.29, 1.82) is 0 Å². The minimum atomic E-state index is -0.678. The van der Waals surface area contributed by atoms with E-state index in [0.29, 0.717) is 18.8 Å². The molecule has 4 atom stereocenters. The maximum atomic E-state index is 10.6. The summed E-state index contributed by atoms with van der Waals surface area (Å²) in [5.74, 6) is 1.66. The summed E-state index contributed by atoms with van der Waals surface area (Å²) in [5, 5.41) is 17.5. The summed E-state index contributed by atoms with van der Waals surface area (Å²) >= 11 is 0. The first-order valence-electron chi connectivity index (χ1n) is 12.6. The zero-order valence-electron chi connectivity index (χ0n) is 19.5. The Kier molecular flexibility index (Phi) is 14.6. The van der Waals surface area contributed by atoms with Gasteiger partial charge in [0.25, 0.3) is 0 Å². The van der Waals surface area contributed by atoms with E-state index in [1.54, 1.807) is 0 Å². The molecule has 4 unspecified atom stereocenters. The van der Waals surface area contributed by atoms with E-state index in [1.165, 1.54) is 51.4 Å². The van der Waals surface area contributed by atoms with Crippen LogP contribution < -0.4 is 0 Å². The Morgan fingerprint density at radius 2 is 1.07 bits per heavy atom. The number of carboxylic acids is 2. The molecule has 0 saturated heterocycles. The fourth-order valence-electron chi connectivity index (χ4n) is 5.36. The van der Waals surface area contributed by atoms with E-state index in [2.05, 4.69) is 26.0 Å². The Hall–Kier alpha value is -1.32. The van der Waals surface area contributed by atoms with Crippen LogP contribution in [0.15, 0.2) is 12.2 Å². The minimum absolute atomic E-state index is 0.306. The van der Waals surface area contributed by atoms with E-state index in [-0.39, 0.29) is 0 Å². The number of hydrogen-bond acceptors (Lipinski definition) is 2. The molecule has 4 heteroatoms. The molecule has 0 aliphatic heterocycles. The average molecular weight is 423 g/mol. The van der Waals surface area contributed by atoms with E-state index < -0.39 is 11.9 Å². The normalized spacial score (nSPS) is 23.5. The molecule has 0 aromatic carbocycles. The van der Waals surface area contributed by atoms with Gasteiger partial charge in [-0.25, -0.2) is 0 Å². The predicted octanol–water partition coefficient (Wildman–Crippen LogP) is 7.47. The smallest absolute Gasteiger partial charge is 0.303 e. The number of allylic oxidation sites excluding steroid dienone is 2. The monoisotopic (exact) mass is 422 g/mol. The predicted molar refractivity (Wildman–Crippen MR) is 124 cm³/mol. The molecule has 1 aliphatic rings. The van der Waals surface area contributed by atoms with Crippen molar-refractivity contribution in [3.05, 3.63) is 12.2 Å². The number of aliphatic carboxylic acids is 2. The molecule has 1 rings (SSSR count). The summed E-state index contributed by atoms with van der Waals surface area (Å²) in [6.07, 6.45) is 21.7. The molecule has 30 heavy (non-hydrogen) atoms. The Balaban J connectivity index is 2.39. The molecule has 0 bridgehead atoms. The highest BCUT2D eigenvalue weighted by Gasteiger charge is 2.33. The highest BCUT2D eigenvalue weighted by Crippen LogP contribution is 2.42. The lowest BCUT2D eigenvalue weighted by Crippen LogP contribution is -2.31. The van der Waals surface area contributed by atoms with Crippen LogP contribution in [0.3, 0.4) is 0 Å². The lowest BCUT2D eigenvalue weighted by Gasteiger charge is -2.40. The molecule has 0 aromatic heterocycles. The zero-order valence-corrected chi connectivity index (χ0v) is 19.5. The molecule has 174 valence electrons. The Labute approximate surface area is 184 Å². The second kappa shape index (κ2) is 16.4. The SMILES string of the molecule is CCC1C=CC(CCCCCCCC(=O)O)C(CCCCCCCC(=O)O)C1CC. The van der Waals surface area contributed by atoms with Gasteiger partial charge in [-0.15, -0.1) is 0 Å². The Morgan fingerprint density at radius 3 is 1.57 bits per heavy atom. The molecule has 0 amide bonds. The summed E-state index contributed by atoms with van der Waals surface area (Å²) in [6, 6.07) is 0. The van der Waals surface area contributed by atoms with Crippen LogP contribution in [0, 0.1) is 23.7 Å². The lowest BCUT2D eigenvalue weighted by molar-refractivity contribution is -0.138. The quantitative estimate of drug-likeness (QED) is 0.177. The number of rotatable bonds is 18. The fraction of sp³-hybridized carbons (Fsp3) is 0.846. The van der Waals surface area contributed by atoms with Gasteiger partial charge in [0.1, 0.15) is 0 Å². The van der Waals surface area contributed by atoms with Gasteiger partial charge < -0.3 is 10.2 Å². The van der Waals surface area contributed by atoms with Crippen molar-refractivity contribution in [2.45, 2.75) is 117 Å². The van der Waals surface area contributed by atoms with Gasteiger partial charge in [0.15, 0.2) is 0 Å². The standard InChI is InChI=1S/C26H46O4/c1-3-21-19-20-22(15-11-7-5-9-13-17-25(27)28)24(23(21)4-2)16-12-8-6-10-14-18-26(29)30/h19-24H,3-18H2,1-2H3,(H,27,28)(H,29,30). The molecule has 0 heterocycles. The molecule has 0 aromatic rings. The van der Waals surface area contributed by atoms with E-state index in [1.807, 2.05) is 0 Å². The van der Waals surface area contributed by atoms with Crippen LogP contribution in [-0.4, -0.2) is 22.2 Å². The summed E-state index contributed by atoms with van der Waals surface area (Å²) in [6.45, 7) is 4.67. The number of unbranched alkanes of at least 4 members (excludes halogenated alkanes) is 8. The third kappa shape index (κ3) is 11.2. The van der Waals surface area contributed by atoms with Crippen molar-refractivity contribution in [3.63, 3.8) is 0 Å². The largest absolute Gasteiger partial charge is 0.481 e. The highest BCUT2D eigenvalue weighted by atomic mass is 16.4. The maximum absolute atomic E-state index is 10.6. The third-order valence-electron chi connectivity index (χ3n) is 7.05. The van der Waals surface area contributed by atoms with E-state index >= 15 is 0 Å². The van der Waals surface area contributed by atoms with Gasteiger partial charge in [-0.3, -0.25) is 9.59 Å². The van der Waals surface area contributed by atoms with Gasteiger partial charge in [-0.2, -0.15) is 0 Å². The fourth-order valence-corrected chi connectivity index (χ4v) is 5.36. The van der Waals surface area contributed by atoms with Crippen LogP contribution in [0.2, 0.25) is 0 Å². The first-order valence-corrected chi connectivity index (χ1v) is 12.6. The molecule has 2 N–H and O–H groups in total. The minimum Gasteiger partial charge on any atom is -0.481 e. The molecule has 4 nitrogen and oxygen atoms in total. The lowest BCUT2D eigenvalue weighted by atomic mass is 9.65. The van der Waals surface area contributed by atoms with Crippen LogP contribution in [-0.2, 0) is 9.59 Å². The van der Waals surface area contributed by atoms with Crippen molar-refractivity contribution in [3.8, 4) is 0 Å². The number of carbonyl (C=O) groups is 2.